The number of likely N-dealkylation sites (N-methyl/N-ethyl adjacent to an activating group) is 1. The summed E-state index contributed by atoms with van der Waals surface area (Å²) in [6.07, 6.45) is 6.93. The second kappa shape index (κ2) is 6.62. The number of hydrogen-bond acceptors (Lipinski definition) is 5. The standard InChI is InChI=1S/C21H25N5O/c1-25-10-7-18-19(23-15-22-18)21(25)8-11-26(12-9-21)13-17-14-27-20(24-17)16-5-3-2-4-6-16/h2-6,14-15H,7-13H2,1H3,(H,22,23). The first-order chi connectivity index (χ1) is 13.2. The van der Waals surface area contributed by atoms with E-state index in [0.29, 0.717) is 5.89 Å². The molecule has 6 nitrogen and oxygen atoms in total. The number of rotatable bonds is 3. The van der Waals surface area contributed by atoms with Crippen LogP contribution in [0.5, 0.6) is 0 Å². The van der Waals surface area contributed by atoms with Crippen molar-refractivity contribution in [3.63, 3.8) is 0 Å². The average Bonchev–Trinajstić information content (AvgIpc) is 3.37. The first-order valence-corrected chi connectivity index (χ1v) is 9.71. The highest BCUT2D eigenvalue weighted by Gasteiger charge is 2.44. The van der Waals surface area contributed by atoms with Crippen LogP contribution in [0.25, 0.3) is 11.5 Å². The number of likely N-dealkylation sites (tertiary alicyclic amines) is 1. The molecule has 2 aliphatic rings. The lowest BCUT2D eigenvalue weighted by Gasteiger charge is -2.49. The van der Waals surface area contributed by atoms with Crippen molar-refractivity contribution in [3.8, 4) is 11.5 Å². The Morgan fingerprint density at radius 2 is 1.96 bits per heavy atom. The zero-order valence-electron chi connectivity index (χ0n) is 15.7. The summed E-state index contributed by atoms with van der Waals surface area (Å²) in [4.78, 5) is 17.7. The van der Waals surface area contributed by atoms with Gasteiger partial charge < -0.3 is 9.40 Å². The van der Waals surface area contributed by atoms with Crippen molar-refractivity contribution in [2.45, 2.75) is 31.3 Å². The number of aromatic amines is 1. The van der Waals surface area contributed by atoms with Crippen molar-refractivity contribution in [1.82, 2.24) is 24.8 Å². The Morgan fingerprint density at radius 3 is 2.78 bits per heavy atom. The average molecular weight is 363 g/mol. The van der Waals surface area contributed by atoms with Crippen LogP contribution >= 0.6 is 0 Å². The maximum atomic E-state index is 5.70. The van der Waals surface area contributed by atoms with E-state index in [-0.39, 0.29) is 5.54 Å². The molecular formula is C21H25N5O. The molecule has 6 heteroatoms. The van der Waals surface area contributed by atoms with E-state index in [0.717, 1.165) is 56.7 Å². The van der Waals surface area contributed by atoms with Gasteiger partial charge in [-0.2, -0.15) is 0 Å². The molecule has 0 atom stereocenters. The van der Waals surface area contributed by atoms with E-state index < -0.39 is 0 Å². The van der Waals surface area contributed by atoms with Crippen molar-refractivity contribution < 1.29 is 4.42 Å². The maximum Gasteiger partial charge on any atom is 0.226 e. The quantitative estimate of drug-likeness (QED) is 0.775. The predicted molar refractivity (Wildman–Crippen MR) is 103 cm³/mol. The second-order valence-corrected chi connectivity index (χ2v) is 7.72. The van der Waals surface area contributed by atoms with Gasteiger partial charge in [-0.25, -0.2) is 9.97 Å². The number of piperidine rings is 1. The molecule has 1 aromatic carbocycles. The molecule has 4 heterocycles. The molecule has 5 rings (SSSR count). The summed E-state index contributed by atoms with van der Waals surface area (Å²) in [7, 11) is 2.25. The molecule has 1 fully saturated rings. The topological polar surface area (TPSA) is 61.2 Å². The van der Waals surface area contributed by atoms with Crippen molar-refractivity contribution >= 4 is 0 Å². The molecule has 27 heavy (non-hydrogen) atoms. The molecule has 0 radical (unpaired) electrons. The van der Waals surface area contributed by atoms with Gasteiger partial charge in [-0.05, 0) is 32.0 Å². The van der Waals surface area contributed by atoms with Gasteiger partial charge in [0, 0.05) is 43.9 Å². The molecule has 0 saturated carbocycles. The monoisotopic (exact) mass is 363 g/mol. The molecule has 1 spiro atoms. The summed E-state index contributed by atoms with van der Waals surface area (Å²) >= 11 is 0. The molecule has 0 amide bonds. The number of fused-ring (bicyclic) bond motifs is 2. The lowest BCUT2D eigenvalue weighted by Crippen LogP contribution is -2.54. The van der Waals surface area contributed by atoms with Gasteiger partial charge in [0.1, 0.15) is 6.26 Å². The van der Waals surface area contributed by atoms with E-state index >= 15 is 0 Å². The summed E-state index contributed by atoms with van der Waals surface area (Å²) in [5.74, 6) is 0.701. The molecular weight excluding hydrogens is 338 g/mol. The third-order valence-electron chi connectivity index (χ3n) is 6.23. The fourth-order valence-electron chi connectivity index (χ4n) is 4.61. The normalized spacial score (nSPS) is 20.0. The number of benzene rings is 1. The van der Waals surface area contributed by atoms with Gasteiger partial charge in [0.05, 0.1) is 23.3 Å². The lowest BCUT2D eigenvalue weighted by atomic mass is 9.79. The molecule has 1 N–H and O–H groups in total. The maximum absolute atomic E-state index is 5.70. The molecule has 2 aromatic heterocycles. The number of nitrogens with zero attached hydrogens (tertiary/aromatic N) is 4. The van der Waals surface area contributed by atoms with Gasteiger partial charge in [-0.3, -0.25) is 9.80 Å². The summed E-state index contributed by atoms with van der Waals surface area (Å²) < 4.78 is 5.70. The van der Waals surface area contributed by atoms with Crippen molar-refractivity contribution in [3.05, 3.63) is 60.0 Å². The molecule has 0 bridgehead atoms. The molecule has 0 unspecified atom stereocenters. The smallest absolute Gasteiger partial charge is 0.226 e. The summed E-state index contributed by atoms with van der Waals surface area (Å²) in [6.45, 7) is 4.02. The SMILES string of the molecule is CN1CCc2[nH]cnc2C12CCN(Cc1coc(-c3ccccc3)n1)CC2. The van der Waals surface area contributed by atoms with Gasteiger partial charge in [0.25, 0.3) is 0 Å². The number of nitrogens with one attached hydrogen (secondary N) is 1. The molecule has 2 aliphatic heterocycles. The van der Waals surface area contributed by atoms with Crippen LogP contribution in [-0.4, -0.2) is 51.4 Å². The van der Waals surface area contributed by atoms with Crippen LogP contribution in [0.3, 0.4) is 0 Å². The van der Waals surface area contributed by atoms with Crippen LogP contribution in [0, 0.1) is 0 Å². The fourth-order valence-corrected chi connectivity index (χ4v) is 4.61. The minimum atomic E-state index is 0.0864. The van der Waals surface area contributed by atoms with Crippen LogP contribution in [-0.2, 0) is 18.5 Å². The van der Waals surface area contributed by atoms with Crippen LogP contribution in [0.2, 0.25) is 0 Å². The van der Waals surface area contributed by atoms with Crippen molar-refractivity contribution in [2.24, 2.45) is 0 Å². The van der Waals surface area contributed by atoms with Crippen LogP contribution < -0.4 is 0 Å². The molecule has 3 aromatic rings. The number of oxazole rings is 1. The Kier molecular flexibility index (Phi) is 4.10. The van der Waals surface area contributed by atoms with Crippen LogP contribution in [0.15, 0.2) is 47.3 Å². The summed E-state index contributed by atoms with van der Waals surface area (Å²) in [5, 5.41) is 0. The highest BCUT2D eigenvalue weighted by atomic mass is 16.3. The van der Waals surface area contributed by atoms with Gasteiger partial charge >= 0.3 is 0 Å². The predicted octanol–water partition coefficient (Wildman–Crippen LogP) is 3.04. The van der Waals surface area contributed by atoms with E-state index in [1.807, 2.05) is 36.7 Å². The summed E-state index contributed by atoms with van der Waals surface area (Å²) in [5.41, 5.74) is 4.70. The van der Waals surface area contributed by atoms with Crippen molar-refractivity contribution in [2.75, 3.05) is 26.7 Å². The van der Waals surface area contributed by atoms with Crippen LogP contribution in [0.4, 0.5) is 0 Å². The minimum absolute atomic E-state index is 0.0864. The van der Waals surface area contributed by atoms with Gasteiger partial charge in [0.2, 0.25) is 5.89 Å². The van der Waals surface area contributed by atoms with Crippen molar-refractivity contribution in [1.29, 1.82) is 0 Å². The van der Waals surface area contributed by atoms with E-state index in [1.54, 1.807) is 6.26 Å². The first-order valence-electron chi connectivity index (χ1n) is 9.71. The Morgan fingerprint density at radius 1 is 1.15 bits per heavy atom. The lowest BCUT2D eigenvalue weighted by molar-refractivity contribution is 0.0218. The van der Waals surface area contributed by atoms with E-state index in [2.05, 4.69) is 31.8 Å². The van der Waals surface area contributed by atoms with E-state index in [4.69, 9.17) is 4.42 Å². The Balaban J connectivity index is 1.28. The second-order valence-electron chi connectivity index (χ2n) is 7.72. The number of imidazole rings is 1. The Bertz CT molecular complexity index is 908. The number of H-pyrrole nitrogens is 1. The zero-order chi connectivity index (χ0) is 18.3. The minimum Gasteiger partial charge on any atom is -0.444 e. The number of aromatic nitrogens is 3. The van der Waals surface area contributed by atoms with E-state index in [9.17, 15) is 0 Å². The Hall–Kier alpha value is -2.44. The Labute approximate surface area is 159 Å². The van der Waals surface area contributed by atoms with Gasteiger partial charge in [-0.15, -0.1) is 0 Å². The third-order valence-corrected chi connectivity index (χ3v) is 6.23. The molecule has 0 aliphatic carbocycles. The largest absolute Gasteiger partial charge is 0.444 e. The molecule has 140 valence electrons. The highest BCUT2D eigenvalue weighted by Crippen LogP contribution is 2.41. The first kappa shape index (κ1) is 16.7. The third kappa shape index (κ3) is 2.89. The zero-order valence-corrected chi connectivity index (χ0v) is 15.7. The van der Waals surface area contributed by atoms with Gasteiger partial charge in [-0.1, -0.05) is 18.2 Å². The number of hydrogen-bond donors (Lipinski definition) is 1. The highest BCUT2D eigenvalue weighted by molar-refractivity contribution is 5.52. The fraction of sp³-hybridized carbons (Fsp3) is 0.429. The van der Waals surface area contributed by atoms with Gasteiger partial charge in [0.15, 0.2) is 0 Å². The molecule has 1 saturated heterocycles. The van der Waals surface area contributed by atoms with E-state index in [1.165, 1.54) is 11.4 Å². The van der Waals surface area contributed by atoms with Crippen LogP contribution in [0.1, 0.15) is 29.9 Å². The summed E-state index contributed by atoms with van der Waals surface area (Å²) in [6, 6.07) is 10.1.